The molecule has 1 rings (SSSR count). The first-order valence-electron chi connectivity index (χ1n) is 4.92. The van der Waals surface area contributed by atoms with Crippen LogP contribution < -0.4 is 0 Å². The third kappa shape index (κ3) is 1.48. The molecular formula is C12H18O. The molecule has 0 spiro atoms. The maximum atomic E-state index is 11.9. The average Bonchev–Trinajstić information content (AvgIpc) is 2.04. The number of hydrogen-bond donors (Lipinski definition) is 0. The summed E-state index contributed by atoms with van der Waals surface area (Å²) in [7, 11) is 0. The highest BCUT2D eigenvalue weighted by Crippen LogP contribution is 2.40. The van der Waals surface area contributed by atoms with Gasteiger partial charge in [-0.1, -0.05) is 45.9 Å². The van der Waals surface area contributed by atoms with Gasteiger partial charge >= 0.3 is 0 Å². The van der Waals surface area contributed by atoms with Gasteiger partial charge in [0, 0.05) is 0 Å². The molecule has 0 unspecified atom stereocenters. The minimum absolute atomic E-state index is 0.250. The lowest BCUT2D eigenvalue weighted by molar-refractivity contribution is -0.125. The highest BCUT2D eigenvalue weighted by atomic mass is 16.1. The van der Waals surface area contributed by atoms with E-state index in [0.29, 0.717) is 11.8 Å². The van der Waals surface area contributed by atoms with Crippen molar-refractivity contribution in [2.45, 2.75) is 27.7 Å². The molecule has 1 aliphatic carbocycles. The zero-order valence-electron chi connectivity index (χ0n) is 8.87. The molecular weight excluding hydrogens is 160 g/mol. The molecule has 0 saturated heterocycles. The molecule has 0 aromatic carbocycles. The van der Waals surface area contributed by atoms with Crippen molar-refractivity contribution in [1.82, 2.24) is 0 Å². The van der Waals surface area contributed by atoms with Gasteiger partial charge in [0.2, 0.25) is 0 Å². The van der Waals surface area contributed by atoms with Gasteiger partial charge in [0.25, 0.3) is 0 Å². The van der Waals surface area contributed by atoms with Crippen LogP contribution in [-0.4, -0.2) is 5.78 Å². The Morgan fingerprint density at radius 1 is 1.08 bits per heavy atom. The van der Waals surface area contributed by atoms with E-state index in [0.717, 1.165) is 0 Å². The van der Waals surface area contributed by atoms with Crippen LogP contribution in [0.4, 0.5) is 0 Å². The van der Waals surface area contributed by atoms with Crippen LogP contribution >= 0.6 is 0 Å². The van der Waals surface area contributed by atoms with Crippen LogP contribution in [0.15, 0.2) is 24.3 Å². The van der Waals surface area contributed by atoms with Crippen molar-refractivity contribution in [3.05, 3.63) is 24.3 Å². The molecule has 0 atom stereocenters. The minimum Gasteiger partial charge on any atom is -0.294 e. The fraction of sp³-hybridized carbons (Fsp3) is 0.583. The zero-order chi connectivity index (χ0) is 10.1. The van der Waals surface area contributed by atoms with Crippen molar-refractivity contribution >= 4 is 5.78 Å². The molecule has 0 saturated carbocycles. The first-order valence-corrected chi connectivity index (χ1v) is 4.92. The number of allylic oxidation sites excluding steroid dienone is 4. The molecule has 0 fully saturated rings. The van der Waals surface area contributed by atoms with E-state index in [1.54, 1.807) is 6.08 Å². The lowest BCUT2D eigenvalue weighted by atomic mass is 9.65. The van der Waals surface area contributed by atoms with Crippen molar-refractivity contribution in [2.24, 2.45) is 17.3 Å². The van der Waals surface area contributed by atoms with Crippen LogP contribution in [0.2, 0.25) is 0 Å². The van der Waals surface area contributed by atoms with Crippen LogP contribution in [0.5, 0.6) is 0 Å². The summed E-state index contributed by atoms with van der Waals surface area (Å²) in [5.41, 5.74) is -0.269. The van der Waals surface area contributed by atoms with Crippen molar-refractivity contribution in [3.63, 3.8) is 0 Å². The van der Waals surface area contributed by atoms with Gasteiger partial charge in [-0.15, -0.1) is 0 Å². The Hall–Kier alpha value is -0.850. The number of rotatable bonds is 2. The largest absolute Gasteiger partial charge is 0.294 e. The van der Waals surface area contributed by atoms with Gasteiger partial charge in [-0.3, -0.25) is 4.79 Å². The summed E-state index contributed by atoms with van der Waals surface area (Å²) in [6, 6.07) is 0. The van der Waals surface area contributed by atoms with E-state index < -0.39 is 0 Å². The fourth-order valence-electron chi connectivity index (χ4n) is 2.20. The molecule has 72 valence electrons. The summed E-state index contributed by atoms with van der Waals surface area (Å²) in [5.74, 6) is 0.974. The number of carbonyl (C=O) groups is 1. The molecule has 0 aromatic heterocycles. The van der Waals surface area contributed by atoms with Gasteiger partial charge in [0.15, 0.2) is 5.78 Å². The molecule has 0 radical (unpaired) electrons. The first-order chi connectivity index (χ1) is 6.01. The summed E-state index contributed by atoms with van der Waals surface area (Å²) < 4.78 is 0. The minimum atomic E-state index is -0.269. The highest BCUT2D eigenvalue weighted by molar-refractivity contribution is 5.98. The molecule has 0 heterocycles. The van der Waals surface area contributed by atoms with Crippen molar-refractivity contribution in [1.29, 1.82) is 0 Å². The Morgan fingerprint density at radius 2 is 1.62 bits per heavy atom. The van der Waals surface area contributed by atoms with E-state index in [2.05, 4.69) is 33.8 Å². The Kier molecular flexibility index (Phi) is 2.74. The summed E-state index contributed by atoms with van der Waals surface area (Å²) in [4.78, 5) is 11.9. The molecule has 1 heteroatoms. The molecule has 0 aromatic rings. The van der Waals surface area contributed by atoms with Crippen LogP contribution in [0.1, 0.15) is 27.7 Å². The Bertz CT molecular complexity index is 248. The first kappa shape index (κ1) is 10.2. The molecule has 1 aliphatic rings. The van der Waals surface area contributed by atoms with E-state index >= 15 is 0 Å². The van der Waals surface area contributed by atoms with Gasteiger partial charge < -0.3 is 0 Å². The van der Waals surface area contributed by atoms with Crippen molar-refractivity contribution < 1.29 is 4.79 Å². The van der Waals surface area contributed by atoms with Gasteiger partial charge in [-0.05, 0) is 17.9 Å². The maximum absolute atomic E-state index is 11.9. The number of ketones is 1. The molecule has 0 aliphatic heterocycles. The third-order valence-corrected chi connectivity index (χ3v) is 3.07. The van der Waals surface area contributed by atoms with Gasteiger partial charge in [0.05, 0.1) is 5.41 Å². The standard InChI is InChI=1S/C12H18O/c1-9(2)12(10(3)4)8-6-5-7-11(12)13/h5-10H,1-4H3. The topological polar surface area (TPSA) is 17.1 Å². The molecule has 0 bridgehead atoms. The van der Waals surface area contributed by atoms with Gasteiger partial charge in [0.1, 0.15) is 0 Å². The van der Waals surface area contributed by atoms with E-state index in [9.17, 15) is 4.79 Å². The summed E-state index contributed by atoms with van der Waals surface area (Å²) in [5, 5.41) is 0. The van der Waals surface area contributed by atoms with Gasteiger partial charge in [-0.25, -0.2) is 0 Å². The SMILES string of the molecule is CC(C)C1(C(C)C)C=CC=CC1=O. The lowest BCUT2D eigenvalue weighted by Gasteiger charge is -2.37. The summed E-state index contributed by atoms with van der Waals surface area (Å²) >= 11 is 0. The monoisotopic (exact) mass is 178 g/mol. The van der Waals surface area contributed by atoms with Crippen molar-refractivity contribution in [2.75, 3.05) is 0 Å². The highest BCUT2D eigenvalue weighted by Gasteiger charge is 2.41. The van der Waals surface area contributed by atoms with Crippen LogP contribution in [0.25, 0.3) is 0 Å². The molecule has 0 amide bonds. The Labute approximate surface area is 80.5 Å². The normalized spacial score (nSPS) is 20.3. The summed E-state index contributed by atoms with van der Waals surface area (Å²) in [6.45, 7) is 8.45. The predicted molar refractivity (Wildman–Crippen MR) is 55.4 cm³/mol. The Morgan fingerprint density at radius 3 is 1.92 bits per heavy atom. The second kappa shape index (κ2) is 3.49. The smallest absolute Gasteiger partial charge is 0.166 e. The van der Waals surface area contributed by atoms with E-state index in [1.165, 1.54) is 0 Å². The van der Waals surface area contributed by atoms with Crippen LogP contribution in [0.3, 0.4) is 0 Å². The second-order valence-corrected chi connectivity index (χ2v) is 4.32. The second-order valence-electron chi connectivity index (χ2n) is 4.32. The third-order valence-electron chi connectivity index (χ3n) is 3.07. The Balaban J connectivity index is 3.11. The molecule has 0 N–H and O–H groups in total. The zero-order valence-corrected chi connectivity index (χ0v) is 8.87. The molecule has 13 heavy (non-hydrogen) atoms. The summed E-state index contributed by atoms with van der Waals surface area (Å²) in [6.07, 6.45) is 7.57. The molecule has 1 nitrogen and oxygen atoms in total. The number of carbonyl (C=O) groups excluding carboxylic acids is 1. The lowest BCUT2D eigenvalue weighted by Crippen LogP contribution is -2.39. The maximum Gasteiger partial charge on any atom is 0.166 e. The van der Waals surface area contributed by atoms with E-state index in [-0.39, 0.29) is 11.2 Å². The van der Waals surface area contributed by atoms with Crippen molar-refractivity contribution in [3.8, 4) is 0 Å². The van der Waals surface area contributed by atoms with E-state index in [1.807, 2.05) is 12.2 Å². The van der Waals surface area contributed by atoms with Gasteiger partial charge in [-0.2, -0.15) is 0 Å². The predicted octanol–water partition coefficient (Wildman–Crippen LogP) is 2.98. The quantitative estimate of drug-likeness (QED) is 0.635. The average molecular weight is 178 g/mol. The van der Waals surface area contributed by atoms with Crippen LogP contribution in [-0.2, 0) is 4.79 Å². The number of hydrogen-bond acceptors (Lipinski definition) is 1. The van der Waals surface area contributed by atoms with Crippen LogP contribution in [0, 0.1) is 17.3 Å². The fourth-order valence-corrected chi connectivity index (χ4v) is 2.20. The van der Waals surface area contributed by atoms with E-state index in [4.69, 9.17) is 0 Å².